The Bertz CT molecular complexity index is 565. The zero-order valence-corrected chi connectivity index (χ0v) is 13.1. The second-order valence-corrected chi connectivity index (χ2v) is 5.89. The average molecular weight is 293 g/mol. The Balaban J connectivity index is 2.17. The van der Waals surface area contributed by atoms with Crippen molar-refractivity contribution < 1.29 is 14.7 Å². The molecule has 0 radical (unpaired) electrons. The predicted molar refractivity (Wildman–Crippen MR) is 78.0 cm³/mol. The third-order valence-electron chi connectivity index (χ3n) is 4.45. The Morgan fingerprint density at radius 1 is 1.38 bits per heavy atom. The lowest BCUT2D eigenvalue weighted by molar-refractivity contribution is -0.146. The molecule has 2 rings (SSSR count). The third kappa shape index (κ3) is 2.94. The van der Waals surface area contributed by atoms with Crippen molar-refractivity contribution in [2.75, 3.05) is 13.1 Å². The number of carbonyl (C=O) groups is 2. The van der Waals surface area contributed by atoms with E-state index in [-0.39, 0.29) is 11.8 Å². The van der Waals surface area contributed by atoms with Gasteiger partial charge in [-0.2, -0.15) is 5.10 Å². The molecule has 21 heavy (non-hydrogen) atoms. The first-order valence-corrected chi connectivity index (χ1v) is 7.34. The van der Waals surface area contributed by atoms with Gasteiger partial charge in [0.2, 0.25) is 5.91 Å². The Hall–Kier alpha value is -1.85. The minimum Gasteiger partial charge on any atom is -0.481 e. The van der Waals surface area contributed by atoms with Gasteiger partial charge in [0.25, 0.3) is 0 Å². The molecule has 0 bridgehead atoms. The quantitative estimate of drug-likeness (QED) is 0.915. The van der Waals surface area contributed by atoms with E-state index in [1.807, 2.05) is 27.8 Å². The molecule has 2 atom stereocenters. The van der Waals surface area contributed by atoms with Crippen LogP contribution in [0.25, 0.3) is 0 Å². The summed E-state index contributed by atoms with van der Waals surface area (Å²) >= 11 is 0. The second-order valence-electron chi connectivity index (χ2n) is 5.89. The lowest BCUT2D eigenvalue weighted by Gasteiger charge is -2.32. The summed E-state index contributed by atoms with van der Waals surface area (Å²) < 4.78 is 1.78. The van der Waals surface area contributed by atoms with Crippen LogP contribution in [0.5, 0.6) is 0 Å². The molecule has 6 nitrogen and oxygen atoms in total. The molecule has 0 saturated carbocycles. The molecule has 0 aliphatic carbocycles. The van der Waals surface area contributed by atoms with Gasteiger partial charge in [0.05, 0.1) is 17.5 Å². The number of likely N-dealkylation sites (tertiary alicyclic amines) is 1. The first-order valence-electron chi connectivity index (χ1n) is 7.34. The zero-order chi connectivity index (χ0) is 15.7. The number of aliphatic carboxylic acids is 1. The van der Waals surface area contributed by atoms with E-state index < -0.39 is 11.9 Å². The van der Waals surface area contributed by atoms with Gasteiger partial charge in [-0.1, -0.05) is 0 Å². The van der Waals surface area contributed by atoms with Gasteiger partial charge in [-0.05, 0) is 33.6 Å². The predicted octanol–water partition coefficient (Wildman–Crippen LogP) is 1.46. The van der Waals surface area contributed by atoms with Crippen LogP contribution in [0.2, 0.25) is 0 Å². The van der Waals surface area contributed by atoms with Crippen LogP contribution < -0.4 is 0 Å². The van der Waals surface area contributed by atoms with E-state index >= 15 is 0 Å². The van der Waals surface area contributed by atoms with Crippen LogP contribution >= 0.6 is 0 Å². The van der Waals surface area contributed by atoms with Crippen molar-refractivity contribution in [2.45, 2.75) is 39.5 Å². The van der Waals surface area contributed by atoms with Crippen LogP contribution in [0.1, 0.15) is 42.6 Å². The fourth-order valence-corrected chi connectivity index (χ4v) is 3.19. The first-order chi connectivity index (χ1) is 9.82. The summed E-state index contributed by atoms with van der Waals surface area (Å²) in [6.07, 6.45) is 1.40. The molecular formula is C15H23N3O3. The van der Waals surface area contributed by atoms with Gasteiger partial charge < -0.3 is 10.0 Å². The van der Waals surface area contributed by atoms with Crippen LogP contribution in [0.4, 0.5) is 0 Å². The summed E-state index contributed by atoms with van der Waals surface area (Å²) in [6.45, 7) is 6.70. The SMILES string of the molecule is Cc1nn(C)c(C)c1C(C)C(=O)N1CCCC(C(=O)O)C1. The normalized spacial score (nSPS) is 20.4. The van der Waals surface area contributed by atoms with E-state index in [0.29, 0.717) is 19.5 Å². The molecule has 1 aromatic heterocycles. The molecule has 0 spiro atoms. The van der Waals surface area contributed by atoms with Gasteiger partial charge in [-0.25, -0.2) is 0 Å². The highest BCUT2D eigenvalue weighted by atomic mass is 16.4. The van der Waals surface area contributed by atoms with Crippen molar-refractivity contribution in [2.24, 2.45) is 13.0 Å². The molecular weight excluding hydrogens is 270 g/mol. The number of aromatic nitrogens is 2. The van der Waals surface area contributed by atoms with Gasteiger partial charge in [-0.15, -0.1) is 0 Å². The zero-order valence-electron chi connectivity index (χ0n) is 13.1. The number of carboxylic acid groups (broad SMARTS) is 1. The lowest BCUT2D eigenvalue weighted by Crippen LogP contribution is -2.44. The van der Waals surface area contributed by atoms with Gasteiger partial charge in [0.15, 0.2) is 0 Å². The highest BCUT2D eigenvalue weighted by Crippen LogP contribution is 2.27. The number of aryl methyl sites for hydroxylation is 2. The van der Waals surface area contributed by atoms with E-state index in [1.54, 1.807) is 9.58 Å². The highest BCUT2D eigenvalue weighted by molar-refractivity contribution is 5.84. The smallest absolute Gasteiger partial charge is 0.308 e. The molecule has 0 aromatic carbocycles. The van der Waals surface area contributed by atoms with Crippen LogP contribution in [0.3, 0.4) is 0 Å². The molecule has 116 valence electrons. The van der Waals surface area contributed by atoms with E-state index in [9.17, 15) is 9.59 Å². The number of piperidine rings is 1. The van der Waals surface area contributed by atoms with Crippen LogP contribution in [0.15, 0.2) is 0 Å². The van der Waals surface area contributed by atoms with Crippen molar-refractivity contribution >= 4 is 11.9 Å². The Kier molecular flexibility index (Phi) is 4.34. The number of carboxylic acids is 1. The Labute approximate surface area is 124 Å². The first kappa shape index (κ1) is 15.5. The molecule has 1 aliphatic heterocycles. The number of rotatable bonds is 3. The van der Waals surface area contributed by atoms with Crippen molar-refractivity contribution in [1.29, 1.82) is 0 Å². The van der Waals surface area contributed by atoms with E-state index in [4.69, 9.17) is 5.11 Å². The summed E-state index contributed by atoms with van der Waals surface area (Å²) in [5, 5.41) is 13.5. The molecule has 6 heteroatoms. The Morgan fingerprint density at radius 3 is 2.57 bits per heavy atom. The van der Waals surface area contributed by atoms with E-state index in [0.717, 1.165) is 23.4 Å². The molecule has 1 amide bonds. The largest absolute Gasteiger partial charge is 0.481 e. The summed E-state index contributed by atoms with van der Waals surface area (Å²) in [5.41, 5.74) is 2.81. The topological polar surface area (TPSA) is 75.4 Å². The van der Waals surface area contributed by atoms with Crippen LogP contribution in [-0.4, -0.2) is 44.8 Å². The molecule has 1 aromatic rings. The molecule has 1 saturated heterocycles. The molecule has 1 aliphatic rings. The van der Waals surface area contributed by atoms with Crippen molar-refractivity contribution in [3.63, 3.8) is 0 Å². The summed E-state index contributed by atoms with van der Waals surface area (Å²) in [4.78, 5) is 25.5. The van der Waals surface area contributed by atoms with Crippen LogP contribution in [-0.2, 0) is 16.6 Å². The lowest BCUT2D eigenvalue weighted by atomic mass is 9.93. The minimum atomic E-state index is -0.811. The van der Waals surface area contributed by atoms with E-state index in [1.165, 1.54) is 0 Å². The minimum absolute atomic E-state index is 0.000139. The number of nitrogens with zero attached hydrogens (tertiary/aromatic N) is 3. The second kappa shape index (κ2) is 5.87. The van der Waals surface area contributed by atoms with Crippen molar-refractivity contribution in [3.05, 3.63) is 17.0 Å². The van der Waals surface area contributed by atoms with Crippen LogP contribution in [0, 0.1) is 19.8 Å². The summed E-state index contributed by atoms with van der Waals surface area (Å²) in [6, 6.07) is 0. The van der Waals surface area contributed by atoms with Gasteiger partial charge >= 0.3 is 5.97 Å². The maximum Gasteiger partial charge on any atom is 0.308 e. The molecule has 2 unspecified atom stereocenters. The molecule has 2 heterocycles. The fraction of sp³-hybridized carbons (Fsp3) is 0.667. The number of amides is 1. The average Bonchev–Trinajstić information content (AvgIpc) is 2.70. The van der Waals surface area contributed by atoms with Crippen molar-refractivity contribution in [1.82, 2.24) is 14.7 Å². The number of carbonyl (C=O) groups excluding carboxylic acids is 1. The standard InChI is InChI=1S/C15H23N3O3/c1-9(13-10(2)16-17(4)11(13)3)14(19)18-7-5-6-12(8-18)15(20)21/h9,12H,5-8H2,1-4H3,(H,20,21). The summed E-state index contributed by atoms with van der Waals surface area (Å²) in [5.74, 6) is -1.54. The monoisotopic (exact) mass is 293 g/mol. The Morgan fingerprint density at radius 2 is 2.05 bits per heavy atom. The van der Waals surface area contributed by atoms with Gasteiger partial charge in [-0.3, -0.25) is 14.3 Å². The number of hydrogen-bond donors (Lipinski definition) is 1. The van der Waals surface area contributed by atoms with Gasteiger partial charge in [0.1, 0.15) is 0 Å². The van der Waals surface area contributed by atoms with Crippen molar-refractivity contribution in [3.8, 4) is 0 Å². The summed E-state index contributed by atoms with van der Waals surface area (Å²) in [7, 11) is 1.87. The molecule has 1 fully saturated rings. The highest BCUT2D eigenvalue weighted by Gasteiger charge is 2.32. The van der Waals surface area contributed by atoms with Gasteiger partial charge in [0, 0.05) is 31.4 Å². The fourth-order valence-electron chi connectivity index (χ4n) is 3.19. The third-order valence-corrected chi connectivity index (χ3v) is 4.45. The molecule has 1 N–H and O–H groups in total. The van der Waals surface area contributed by atoms with E-state index in [2.05, 4.69) is 5.10 Å². The maximum absolute atomic E-state index is 12.7. The number of hydrogen-bond acceptors (Lipinski definition) is 3. The maximum atomic E-state index is 12.7.